The second-order valence-electron chi connectivity index (χ2n) is 7.05. The zero-order valence-corrected chi connectivity index (χ0v) is 16.1. The Morgan fingerprint density at radius 1 is 1.14 bits per heavy atom. The number of piperazine rings is 1. The minimum absolute atomic E-state index is 0.00859. The lowest BCUT2D eigenvalue weighted by Gasteiger charge is -2.34. The minimum atomic E-state index is -0.765. The summed E-state index contributed by atoms with van der Waals surface area (Å²) < 4.78 is 13.8. The number of fused-ring (bicyclic) bond motifs is 1. The number of aromatic nitrogens is 3. The van der Waals surface area contributed by atoms with Crippen molar-refractivity contribution in [3.63, 3.8) is 0 Å². The molecule has 0 aliphatic carbocycles. The maximum absolute atomic E-state index is 13.8. The van der Waals surface area contributed by atoms with Crippen LogP contribution in [-0.4, -0.2) is 68.1 Å². The minimum Gasteiger partial charge on any atom is -0.505 e. The van der Waals surface area contributed by atoms with Crippen molar-refractivity contribution in [2.75, 3.05) is 26.2 Å². The lowest BCUT2D eigenvalue weighted by molar-refractivity contribution is -0.130. The smallest absolute Gasteiger partial charge is 0.254 e. The number of hydrogen-bond acceptors (Lipinski definition) is 5. The summed E-state index contributed by atoms with van der Waals surface area (Å²) >= 11 is 0. The van der Waals surface area contributed by atoms with E-state index in [0.29, 0.717) is 59.7 Å². The molecule has 8 nitrogen and oxygen atoms in total. The van der Waals surface area contributed by atoms with Crippen LogP contribution < -0.4 is 0 Å². The lowest BCUT2D eigenvalue weighted by Crippen LogP contribution is -2.50. The van der Waals surface area contributed by atoms with Gasteiger partial charge in [-0.15, -0.1) is 0 Å². The summed E-state index contributed by atoms with van der Waals surface area (Å²) in [5.41, 5.74) is 2.32. The highest BCUT2D eigenvalue weighted by Crippen LogP contribution is 2.29. The molecule has 2 N–H and O–H groups in total. The molecule has 3 heterocycles. The molecule has 1 aliphatic rings. The van der Waals surface area contributed by atoms with Crippen molar-refractivity contribution >= 4 is 22.8 Å². The third-order valence-electron chi connectivity index (χ3n) is 5.20. The van der Waals surface area contributed by atoms with Crippen LogP contribution >= 0.6 is 0 Å². The van der Waals surface area contributed by atoms with E-state index in [2.05, 4.69) is 15.2 Å². The Labute approximate surface area is 166 Å². The van der Waals surface area contributed by atoms with Crippen LogP contribution in [0.4, 0.5) is 4.39 Å². The number of phenolic OH excluding ortho intramolecular Hbond substituents is 1. The van der Waals surface area contributed by atoms with Crippen molar-refractivity contribution in [3.05, 3.63) is 41.3 Å². The number of carbonyl (C=O) groups is 2. The molecule has 1 aliphatic heterocycles. The molecule has 0 unspecified atom stereocenters. The van der Waals surface area contributed by atoms with E-state index < -0.39 is 11.6 Å². The first-order chi connectivity index (χ1) is 13.8. The molecule has 9 heteroatoms. The van der Waals surface area contributed by atoms with Gasteiger partial charge in [-0.25, -0.2) is 9.37 Å². The van der Waals surface area contributed by atoms with Crippen molar-refractivity contribution in [2.24, 2.45) is 0 Å². The number of amides is 2. The Kier molecular flexibility index (Phi) is 4.65. The van der Waals surface area contributed by atoms with E-state index in [0.717, 1.165) is 0 Å². The van der Waals surface area contributed by atoms with Crippen LogP contribution in [0.1, 0.15) is 23.0 Å². The molecule has 0 radical (unpaired) electrons. The van der Waals surface area contributed by atoms with Gasteiger partial charge in [-0.2, -0.15) is 5.10 Å². The predicted molar refractivity (Wildman–Crippen MR) is 104 cm³/mol. The summed E-state index contributed by atoms with van der Waals surface area (Å²) in [6, 6.07) is 5.58. The summed E-state index contributed by atoms with van der Waals surface area (Å²) in [7, 11) is 0. The van der Waals surface area contributed by atoms with Gasteiger partial charge in [0.05, 0.1) is 22.3 Å². The maximum Gasteiger partial charge on any atom is 0.254 e. The Morgan fingerprint density at radius 3 is 2.48 bits per heavy atom. The van der Waals surface area contributed by atoms with Gasteiger partial charge in [-0.1, -0.05) is 0 Å². The molecule has 0 atom stereocenters. The highest BCUT2D eigenvalue weighted by Gasteiger charge is 2.26. The summed E-state index contributed by atoms with van der Waals surface area (Å²) in [6.07, 6.45) is 0. The van der Waals surface area contributed by atoms with Crippen LogP contribution in [0.5, 0.6) is 5.75 Å². The number of pyridine rings is 1. The van der Waals surface area contributed by atoms with Crippen LogP contribution in [-0.2, 0) is 4.79 Å². The van der Waals surface area contributed by atoms with Gasteiger partial charge in [-0.05, 0) is 31.2 Å². The summed E-state index contributed by atoms with van der Waals surface area (Å²) in [6.45, 7) is 5.13. The molecule has 29 heavy (non-hydrogen) atoms. The lowest BCUT2D eigenvalue weighted by atomic mass is 10.0. The molecule has 2 amide bonds. The van der Waals surface area contributed by atoms with E-state index in [1.165, 1.54) is 25.1 Å². The molecule has 0 bridgehead atoms. The van der Waals surface area contributed by atoms with Crippen LogP contribution in [0.15, 0.2) is 24.3 Å². The van der Waals surface area contributed by atoms with Gasteiger partial charge in [-0.3, -0.25) is 14.7 Å². The first-order valence-corrected chi connectivity index (χ1v) is 9.24. The van der Waals surface area contributed by atoms with Crippen molar-refractivity contribution in [1.82, 2.24) is 25.0 Å². The number of H-pyrrole nitrogens is 1. The van der Waals surface area contributed by atoms with E-state index >= 15 is 0 Å². The summed E-state index contributed by atoms with van der Waals surface area (Å²) in [4.78, 5) is 32.7. The first kappa shape index (κ1) is 18.9. The number of benzene rings is 1. The number of nitrogens with zero attached hydrogens (tertiary/aromatic N) is 4. The average molecular weight is 397 g/mol. The monoisotopic (exact) mass is 397 g/mol. The standard InChI is InChI=1S/C20H20FN5O3/c1-11-18-14(20(29)26-7-5-25(6-8-26)12(2)27)10-16(22-19(18)24-23-11)13-3-4-17(28)15(21)9-13/h3-4,9-10,28H,5-8H2,1-2H3,(H,22,23,24). The number of carbonyl (C=O) groups excluding carboxylic acids is 2. The molecule has 150 valence electrons. The van der Waals surface area contributed by atoms with Crippen molar-refractivity contribution in [1.29, 1.82) is 0 Å². The van der Waals surface area contributed by atoms with E-state index in [-0.39, 0.29) is 11.8 Å². The first-order valence-electron chi connectivity index (χ1n) is 9.24. The number of halogens is 1. The third kappa shape index (κ3) is 3.39. The maximum atomic E-state index is 13.8. The average Bonchev–Trinajstić information content (AvgIpc) is 3.10. The molecule has 3 aromatic rings. The number of nitrogens with one attached hydrogen (secondary N) is 1. The Hall–Kier alpha value is -3.49. The predicted octanol–water partition coefficient (Wildman–Crippen LogP) is 2.08. The Bertz CT molecular complexity index is 1120. The number of rotatable bonds is 2. The molecule has 1 fully saturated rings. The van der Waals surface area contributed by atoms with E-state index in [1.807, 2.05) is 0 Å². The zero-order valence-electron chi connectivity index (χ0n) is 16.1. The van der Waals surface area contributed by atoms with E-state index in [1.54, 1.807) is 22.8 Å². The van der Waals surface area contributed by atoms with Crippen molar-refractivity contribution < 1.29 is 19.1 Å². The van der Waals surface area contributed by atoms with Gasteiger partial charge in [0.1, 0.15) is 0 Å². The van der Waals surface area contributed by atoms with Crippen LogP contribution in [0, 0.1) is 12.7 Å². The van der Waals surface area contributed by atoms with Crippen LogP contribution in [0.25, 0.3) is 22.3 Å². The Morgan fingerprint density at radius 2 is 1.83 bits per heavy atom. The highest BCUT2D eigenvalue weighted by molar-refractivity contribution is 6.07. The Balaban J connectivity index is 1.75. The fraction of sp³-hybridized carbons (Fsp3) is 0.300. The second kappa shape index (κ2) is 7.16. The van der Waals surface area contributed by atoms with Gasteiger partial charge in [0.15, 0.2) is 17.2 Å². The zero-order chi connectivity index (χ0) is 20.7. The molecule has 0 saturated carbocycles. The topological polar surface area (TPSA) is 102 Å². The van der Waals surface area contributed by atoms with Gasteiger partial charge in [0.25, 0.3) is 5.91 Å². The molecule has 1 aromatic carbocycles. The molecule has 0 spiro atoms. The summed E-state index contributed by atoms with van der Waals surface area (Å²) in [5.74, 6) is -1.42. The fourth-order valence-electron chi connectivity index (χ4n) is 3.56. The van der Waals surface area contributed by atoms with Gasteiger partial charge >= 0.3 is 0 Å². The van der Waals surface area contributed by atoms with E-state index in [9.17, 15) is 19.1 Å². The largest absolute Gasteiger partial charge is 0.505 e. The van der Waals surface area contributed by atoms with Gasteiger partial charge in [0, 0.05) is 38.7 Å². The number of phenols is 1. The van der Waals surface area contributed by atoms with E-state index in [4.69, 9.17) is 0 Å². The van der Waals surface area contributed by atoms with Gasteiger partial charge < -0.3 is 14.9 Å². The van der Waals surface area contributed by atoms with Crippen molar-refractivity contribution in [2.45, 2.75) is 13.8 Å². The van der Waals surface area contributed by atoms with Crippen LogP contribution in [0.2, 0.25) is 0 Å². The molecule has 4 rings (SSSR count). The van der Waals surface area contributed by atoms with Crippen LogP contribution in [0.3, 0.4) is 0 Å². The second-order valence-corrected chi connectivity index (χ2v) is 7.05. The fourth-order valence-corrected chi connectivity index (χ4v) is 3.56. The SMILES string of the molecule is CC(=O)N1CCN(C(=O)c2cc(-c3ccc(O)c(F)c3)nc3[nH]nc(C)c23)CC1. The molecule has 2 aromatic heterocycles. The van der Waals surface area contributed by atoms with Crippen molar-refractivity contribution in [3.8, 4) is 17.0 Å². The number of hydrogen-bond donors (Lipinski definition) is 2. The number of aromatic amines is 1. The quantitative estimate of drug-likeness (QED) is 0.689. The number of aryl methyl sites for hydroxylation is 1. The third-order valence-corrected chi connectivity index (χ3v) is 5.20. The van der Waals surface area contributed by atoms with Gasteiger partial charge in [0.2, 0.25) is 5.91 Å². The summed E-state index contributed by atoms with van der Waals surface area (Å²) in [5, 5.41) is 17.0. The normalized spacial score (nSPS) is 14.4. The molecular formula is C20H20FN5O3. The molecule has 1 saturated heterocycles. The highest BCUT2D eigenvalue weighted by atomic mass is 19.1. The number of aromatic hydroxyl groups is 1. The molecular weight excluding hydrogens is 377 g/mol.